The first kappa shape index (κ1) is 14.0. The number of carbonyl (C=O) groups is 2. The molecule has 0 radical (unpaired) electrons. The van der Waals surface area contributed by atoms with E-state index in [4.69, 9.17) is 5.11 Å². The lowest BCUT2D eigenvalue weighted by Gasteiger charge is -2.16. The summed E-state index contributed by atoms with van der Waals surface area (Å²) in [7, 11) is 0. The Bertz CT molecular complexity index is 432. The fourth-order valence-electron chi connectivity index (χ4n) is 1.29. The number of phenols is 1. The number of benzene rings is 1. The van der Waals surface area contributed by atoms with Crippen LogP contribution < -0.4 is 5.32 Å². The molecule has 0 spiro atoms. The molecule has 0 saturated carbocycles. The Morgan fingerprint density at radius 3 is 2.61 bits per heavy atom. The van der Waals surface area contributed by atoms with Gasteiger partial charge in [-0.05, 0) is 12.1 Å². The maximum absolute atomic E-state index is 11.8. The molecule has 0 heterocycles. The second-order valence-electron chi connectivity index (χ2n) is 3.67. The molecule has 0 aliphatic rings. The molecular weight excluding hydrogens is 238 g/mol. The van der Waals surface area contributed by atoms with Gasteiger partial charge in [0.15, 0.2) is 0 Å². The fourth-order valence-corrected chi connectivity index (χ4v) is 1.29. The highest BCUT2D eigenvalue weighted by Crippen LogP contribution is 2.15. The minimum atomic E-state index is -0.707. The van der Waals surface area contributed by atoms with Crippen LogP contribution in [0.1, 0.15) is 17.3 Å². The number of ether oxygens (including phenoxy) is 1. The molecule has 0 fully saturated rings. The highest BCUT2D eigenvalue weighted by atomic mass is 16.5. The van der Waals surface area contributed by atoms with E-state index in [2.05, 4.69) is 10.1 Å². The third-order valence-corrected chi connectivity index (χ3v) is 2.19. The maximum Gasteiger partial charge on any atom is 0.302 e. The molecule has 0 aliphatic heterocycles. The van der Waals surface area contributed by atoms with E-state index in [0.29, 0.717) is 0 Å². The van der Waals surface area contributed by atoms with E-state index in [0.717, 1.165) is 0 Å². The molecule has 1 aromatic carbocycles. The normalized spacial score (nSPS) is 11.7. The smallest absolute Gasteiger partial charge is 0.302 e. The van der Waals surface area contributed by atoms with Gasteiger partial charge in [-0.25, -0.2) is 0 Å². The van der Waals surface area contributed by atoms with Gasteiger partial charge in [0.25, 0.3) is 5.91 Å². The molecule has 3 N–H and O–H groups in total. The first-order chi connectivity index (χ1) is 8.54. The molecule has 6 heteroatoms. The standard InChI is InChI=1S/C12H15NO5/c1-8(15)18-7-9(6-14)13-12(17)10-4-2-3-5-11(10)16/h2-5,9,14,16H,6-7H2,1H3,(H,13,17)/t9-/m1/s1. The number of hydrogen-bond acceptors (Lipinski definition) is 5. The summed E-state index contributed by atoms with van der Waals surface area (Å²) >= 11 is 0. The molecule has 0 aromatic heterocycles. The number of nitrogens with one attached hydrogen (secondary N) is 1. The minimum Gasteiger partial charge on any atom is -0.507 e. The number of aromatic hydroxyl groups is 1. The highest BCUT2D eigenvalue weighted by molar-refractivity contribution is 5.96. The largest absolute Gasteiger partial charge is 0.507 e. The zero-order valence-corrected chi connectivity index (χ0v) is 9.92. The summed E-state index contributed by atoms with van der Waals surface area (Å²) in [6.07, 6.45) is 0. The van der Waals surface area contributed by atoms with Crippen LogP contribution in [0, 0.1) is 0 Å². The Balaban J connectivity index is 2.62. The van der Waals surface area contributed by atoms with Crippen molar-refractivity contribution in [1.82, 2.24) is 5.32 Å². The number of phenolic OH excluding ortho intramolecular Hbond substituents is 1. The number of aliphatic hydroxyl groups excluding tert-OH is 1. The number of rotatable bonds is 5. The molecule has 1 rings (SSSR count). The first-order valence-corrected chi connectivity index (χ1v) is 5.37. The Kier molecular flexibility index (Phi) is 5.13. The Labute approximate surface area is 104 Å². The van der Waals surface area contributed by atoms with Gasteiger partial charge in [-0.3, -0.25) is 9.59 Å². The average molecular weight is 253 g/mol. The highest BCUT2D eigenvalue weighted by Gasteiger charge is 2.16. The van der Waals surface area contributed by atoms with Crippen LogP contribution in [0.4, 0.5) is 0 Å². The van der Waals surface area contributed by atoms with Crippen LogP contribution in [0.25, 0.3) is 0 Å². The number of hydrogen-bond donors (Lipinski definition) is 3. The van der Waals surface area contributed by atoms with Crippen LogP contribution in [0.5, 0.6) is 5.75 Å². The fraction of sp³-hybridized carbons (Fsp3) is 0.333. The van der Waals surface area contributed by atoms with E-state index in [1.807, 2.05) is 0 Å². The van der Waals surface area contributed by atoms with Gasteiger partial charge in [0.05, 0.1) is 18.2 Å². The van der Waals surface area contributed by atoms with Gasteiger partial charge in [0.2, 0.25) is 0 Å². The van der Waals surface area contributed by atoms with Crippen molar-refractivity contribution in [3.63, 3.8) is 0 Å². The van der Waals surface area contributed by atoms with E-state index in [1.54, 1.807) is 12.1 Å². The van der Waals surface area contributed by atoms with E-state index in [-0.39, 0.29) is 24.5 Å². The topological polar surface area (TPSA) is 95.9 Å². The summed E-state index contributed by atoms with van der Waals surface area (Å²) in [6.45, 7) is 0.747. The lowest BCUT2D eigenvalue weighted by atomic mass is 10.2. The van der Waals surface area contributed by atoms with E-state index >= 15 is 0 Å². The first-order valence-electron chi connectivity index (χ1n) is 5.37. The molecule has 0 unspecified atom stereocenters. The Hall–Kier alpha value is -2.08. The number of esters is 1. The average Bonchev–Trinajstić information content (AvgIpc) is 2.34. The second-order valence-corrected chi connectivity index (χ2v) is 3.67. The summed E-state index contributed by atoms with van der Waals surface area (Å²) in [6, 6.07) is 5.32. The Morgan fingerprint density at radius 1 is 1.39 bits per heavy atom. The van der Waals surface area contributed by atoms with Crippen molar-refractivity contribution in [3.8, 4) is 5.75 Å². The number of para-hydroxylation sites is 1. The molecule has 6 nitrogen and oxygen atoms in total. The van der Waals surface area contributed by atoms with Crippen molar-refractivity contribution >= 4 is 11.9 Å². The van der Waals surface area contributed by atoms with Crippen molar-refractivity contribution in [1.29, 1.82) is 0 Å². The molecule has 98 valence electrons. The minimum absolute atomic E-state index is 0.0961. The SMILES string of the molecule is CC(=O)OC[C@@H](CO)NC(=O)c1ccccc1O. The maximum atomic E-state index is 11.8. The lowest BCUT2D eigenvalue weighted by molar-refractivity contribution is -0.141. The Morgan fingerprint density at radius 2 is 2.06 bits per heavy atom. The van der Waals surface area contributed by atoms with E-state index in [1.165, 1.54) is 19.1 Å². The third kappa shape index (κ3) is 4.06. The van der Waals surface area contributed by atoms with E-state index in [9.17, 15) is 14.7 Å². The van der Waals surface area contributed by atoms with Gasteiger partial charge in [-0.2, -0.15) is 0 Å². The molecule has 1 amide bonds. The molecule has 18 heavy (non-hydrogen) atoms. The van der Waals surface area contributed by atoms with Crippen LogP contribution in [0.15, 0.2) is 24.3 Å². The van der Waals surface area contributed by atoms with Crippen LogP contribution in [0.3, 0.4) is 0 Å². The van der Waals surface area contributed by atoms with Gasteiger partial charge in [-0.15, -0.1) is 0 Å². The second kappa shape index (κ2) is 6.61. The van der Waals surface area contributed by atoms with Crippen molar-refractivity contribution in [2.45, 2.75) is 13.0 Å². The monoisotopic (exact) mass is 253 g/mol. The summed E-state index contributed by atoms with van der Waals surface area (Å²) in [4.78, 5) is 22.4. The molecule has 1 atom stereocenters. The van der Waals surface area contributed by atoms with Crippen LogP contribution in [-0.2, 0) is 9.53 Å². The van der Waals surface area contributed by atoms with Crippen molar-refractivity contribution in [2.75, 3.05) is 13.2 Å². The zero-order chi connectivity index (χ0) is 13.5. The van der Waals surface area contributed by atoms with Gasteiger partial charge in [0, 0.05) is 6.92 Å². The summed E-state index contributed by atoms with van der Waals surface area (Å²) in [5.74, 6) is -1.19. The summed E-state index contributed by atoms with van der Waals surface area (Å²) in [5, 5.41) is 21.0. The third-order valence-electron chi connectivity index (χ3n) is 2.19. The molecule has 0 aliphatic carbocycles. The van der Waals surface area contributed by atoms with Gasteiger partial charge in [-0.1, -0.05) is 12.1 Å². The number of aliphatic hydroxyl groups is 1. The van der Waals surface area contributed by atoms with Crippen molar-refractivity contribution < 1.29 is 24.5 Å². The van der Waals surface area contributed by atoms with Gasteiger partial charge >= 0.3 is 5.97 Å². The van der Waals surface area contributed by atoms with E-state index < -0.39 is 17.9 Å². The van der Waals surface area contributed by atoms with Crippen molar-refractivity contribution in [3.05, 3.63) is 29.8 Å². The number of amides is 1. The molecule has 0 bridgehead atoms. The zero-order valence-electron chi connectivity index (χ0n) is 9.92. The summed E-state index contributed by atoms with van der Waals surface area (Å²) in [5.41, 5.74) is 0.0961. The number of carbonyl (C=O) groups excluding carboxylic acids is 2. The van der Waals surface area contributed by atoms with Gasteiger partial charge < -0.3 is 20.3 Å². The quantitative estimate of drug-likeness (QED) is 0.644. The predicted molar refractivity (Wildman–Crippen MR) is 63.1 cm³/mol. The van der Waals surface area contributed by atoms with Crippen molar-refractivity contribution in [2.24, 2.45) is 0 Å². The molecule has 0 saturated heterocycles. The lowest BCUT2D eigenvalue weighted by Crippen LogP contribution is -2.41. The molecular formula is C12H15NO5. The van der Waals surface area contributed by atoms with Crippen LogP contribution in [0.2, 0.25) is 0 Å². The summed E-state index contributed by atoms with van der Waals surface area (Å²) < 4.78 is 4.69. The predicted octanol–water partition coefficient (Wildman–Crippen LogP) is 0.0460. The van der Waals surface area contributed by atoms with Crippen LogP contribution >= 0.6 is 0 Å². The van der Waals surface area contributed by atoms with Crippen LogP contribution in [-0.4, -0.2) is 41.3 Å². The molecule has 1 aromatic rings. The van der Waals surface area contributed by atoms with Gasteiger partial charge in [0.1, 0.15) is 12.4 Å².